The highest BCUT2D eigenvalue weighted by Crippen LogP contribution is 2.55. The summed E-state index contributed by atoms with van der Waals surface area (Å²) < 4.78 is 5.05. The molecule has 0 heterocycles. The maximum Gasteiger partial charge on any atom is 0.338 e. The number of carbonyl (C=O) groups excluding carboxylic acids is 5. The quantitative estimate of drug-likeness (QED) is 0.471. The number of imide groups is 1. The van der Waals surface area contributed by atoms with E-state index in [1.165, 1.54) is 51.3 Å². The summed E-state index contributed by atoms with van der Waals surface area (Å²) in [5.74, 6) is -0.338. The number of ether oxygens (including phenoxy) is 1. The summed E-state index contributed by atoms with van der Waals surface area (Å²) in [5, 5.41) is 10.4. The van der Waals surface area contributed by atoms with Gasteiger partial charge >= 0.3 is 12.0 Å². The fraction of sp³-hybridized carbons (Fsp3) is 0.542. The third-order valence-corrected chi connectivity index (χ3v) is 6.81. The highest BCUT2D eigenvalue weighted by Gasteiger charge is 2.51. The first-order valence-electron chi connectivity index (χ1n) is 11.6. The van der Waals surface area contributed by atoms with Gasteiger partial charge in [-0.1, -0.05) is 0 Å². The van der Waals surface area contributed by atoms with Crippen LogP contribution in [0.4, 0.5) is 16.2 Å². The van der Waals surface area contributed by atoms with Gasteiger partial charge in [-0.15, -0.1) is 0 Å². The van der Waals surface area contributed by atoms with Gasteiger partial charge in [0.2, 0.25) is 11.8 Å². The molecule has 4 aliphatic carbocycles. The van der Waals surface area contributed by atoms with Gasteiger partial charge in [0.1, 0.15) is 0 Å². The predicted octanol–water partition coefficient (Wildman–Crippen LogP) is 2.55. The minimum atomic E-state index is -0.838. The molecule has 1 aromatic rings. The molecule has 5 amide bonds. The lowest BCUT2D eigenvalue weighted by Crippen LogP contribution is -2.62. The maximum absolute atomic E-state index is 12.5. The lowest BCUT2D eigenvalue weighted by molar-refractivity contribution is -0.123. The van der Waals surface area contributed by atoms with E-state index in [0.717, 1.165) is 19.3 Å². The van der Waals surface area contributed by atoms with Gasteiger partial charge in [-0.3, -0.25) is 19.7 Å². The molecule has 4 N–H and O–H groups in total. The van der Waals surface area contributed by atoms with Crippen LogP contribution in [0.1, 0.15) is 62.7 Å². The Hall–Kier alpha value is -3.43. The number of carbonyl (C=O) groups is 5. The Balaban J connectivity index is 1.31. The van der Waals surface area contributed by atoms with Crippen LogP contribution in [-0.2, 0) is 19.1 Å². The average molecular weight is 471 g/mol. The highest BCUT2D eigenvalue weighted by atomic mass is 16.5. The Labute approximate surface area is 197 Å². The third-order valence-electron chi connectivity index (χ3n) is 6.81. The first-order valence-corrected chi connectivity index (χ1v) is 11.6. The molecule has 4 bridgehead atoms. The van der Waals surface area contributed by atoms with Crippen LogP contribution in [0.5, 0.6) is 0 Å². The van der Waals surface area contributed by atoms with E-state index in [2.05, 4.69) is 21.3 Å². The molecule has 1 aromatic carbocycles. The number of esters is 1. The van der Waals surface area contributed by atoms with Crippen molar-refractivity contribution in [2.45, 2.75) is 57.9 Å². The first-order chi connectivity index (χ1) is 16.1. The Bertz CT molecular complexity index is 967. The molecule has 4 saturated carbocycles. The van der Waals surface area contributed by atoms with E-state index in [-0.39, 0.29) is 34.3 Å². The molecule has 0 atom stereocenters. The van der Waals surface area contributed by atoms with Crippen molar-refractivity contribution in [2.24, 2.45) is 17.8 Å². The number of hydrogen-bond donors (Lipinski definition) is 4. The molecular weight excluding hydrogens is 440 g/mol. The second-order valence-corrected chi connectivity index (χ2v) is 9.94. The van der Waals surface area contributed by atoms with E-state index in [4.69, 9.17) is 4.74 Å². The van der Waals surface area contributed by atoms with Crippen LogP contribution in [0.25, 0.3) is 0 Å². The van der Waals surface area contributed by atoms with Crippen molar-refractivity contribution in [3.8, 4) is 0 Å². The molecular formula is C24H30N4O6. The second kappa shape index (κ2) is 9.44. The lowest BCUT2D eigenvalue weighted by Gasteiger charge is -2.56. The van der Waals surface area contributed by atoms with Crippen molar-refractivity contribution < 1.29 is 28.7 Å². The summed E-state index contributed by atoms with van der Waals surface area (Å²) in [6.45, 7) is 1.97. The molecule has 0 aliphatic heterocycles. The van der Waals surface area contributed by atoms with Crippen LogP contribution < -0.4 is 21.3 Å². The van der Waals surface area contributed by atoms with Gasteiger partial charge in [0.25, 0.3) is 5.91 Å². The molecule has 0 spiro atoms. The normalized spacial score (nSPS) is 26.4. The van der Waals surface area contributed by atoms with Crippen LogP contribution in [0.3, 0.4) is 0 Å². The van der Waals surface area contributed by atoms with E-state index in [0.29, 0.717) is 17.8 Å². The van der Waals surface area contributed by atoms with Crippen molar-refractivity contribution in [1.82, 2.24) is 10.6 Å². The monoisotopic (exact) mass is 470 g/mol. The van der Waals surface area contributed by atoms with Gasteiger partial charge in [-0.2, -0.15) is 0 Å². The molecule has 10 heteroatoms. The van der Waals surface area contributed by atoms with Gasteiger partial charge < -0.3 is 20.7 Å². The Morgan fingerprint density at radius 3 is 1.82 bits per heavy atom. The SMILES string of the molecule is CC(=O)Nc1cc(NC(C)=O)cc(C(=O)OCC(=O)NC(=O)NC23CC4CC(CC(C4)C2)C3)c1. The van der Waals surface area contributed by atoms with E-state index < -0.39 is 24.5 Å². The van der Waals surface area contributed by atoms with Gasteiger partial charge in [0.05, 0.1) is 5.56 Å². The average Bonchev–Trinajstić information content (AvgIpc) is 2.69. The number of urea groups is 1. The lowest BCUT2D eigenvalue weighted by atomic mass is 9.53. The number of anilines is 2. The molecule has 0 radical (unpaired) electrons. The number of nitrogens with one attached hydrogen (secondary N) is 4. The van der Waals surface area contributed by atoms with E-state index in [1.54, 1.807) is 0 Å². The van der Waals surface area contributed by atoms with Crippen LogP contribution in [0.2, 0.25) is 0 Å². The molecule has 4 aliphatic rings. The van der Waals surface area contributed by atoms with Crippen molar-refractivity contribution >= 4 is 41.1 Å². The minimum Gasteiger partial charge on any atom is -0.452 e. The van der Waals surface area contributed by atoms with E-state index >= 15 is 0 Å². The van der Waals surface area contributed by atoms with Gasteiger partial charge in [0, 0.05) is 30.8 Å². The second-order valence-electron chi connectivity index (χ2n) is 9.94. The van der Waals surface area contributed by atoms with Crippen LogP contribution in [0.15, 0.2) is 18.2 Å². The van der Waals surface area contributed by atoms with Crippen molar-refractivity contribution in [1.29, 1.82) is 0 Å². The molecule has 5 rings (SSSR count). The number of rotatable bonds is 6. The molecule has 4 fully saturated rings. The van der Waals surface area contributed by atoms with Crippen molar-refractivity contribution in [3.05, 3.63) is 23.8 Å². The Morgan fingerprint density at radius 2 is 1.35 bits per heavy atom. The predicted molar refractivity (Wildman–Crippen MR) is 123 cm³/mol. The number of hydrogen-bond acceptors (Lipinski definition) is 6. The summed E-state index contributed by atoms with van der Waals surface area (Å²) in [7, 11) is 0. The van der Waals surface area contributed by atoms with Crippen LogP contribution in [0, 0.1) is 17.8 Å². The zero-order valence-electron chi connectivity index (χ0n) is 19.4. The van der Waals surface area contributed by atoms with Gasteiger partial charge in [-0.05, 0) is 74.5 Å². The van der Waals surface area contributed by atoms with Gasteiger partial charge in [-0.25, -0.2) is 9.59 Å². The maximum atomic E-state index is 12.5. The summed E-state index contributed by atoms with van der Waals surface area (Å²) in [4.78, 5) is 59.9. The van der Waals surface area contributed by atoms with E-state index in [9.17, 15) is 24.0 Å². The van der Waals surface area contributed by atoms with Crippen LogP contribution in [-0.4, -0.2) is 41.9 Å². The molecule has 0 unspecified atom stereocenters. The fourth-order valence-corrected chi connectivity index (χ4v) is 6.21. The minimum absolute atomic E-state index is 0.0285. The van der Waals surface area contributed by atoms with E-state index in [1.807, 2.05) is 0 Å². The van der Waals surface area contributed by atoms with Crippen LogP contribution >= 0.6 is 0 Å². The van der Waals surface area contributed by atoms with Gasteiger partial charge in [0.15, 0.2) is 6.61 Å². The Morgan fingerprint density at radius 1 is 0.853 bits per heavy atom. The summed E-state index contributed by atoms with van der Waals surface area (Å²) in [6, 6.07) is 3.66. The standard InChI is InChI=1S/C24H30N4O6/c1-13(29)25-19-6-18(7-20(8-19)26-14(2)30)22(32)34-12-21(31)27-23(33)28-24-9-15-3-16(10-24)5-17(4-15)11-24/h6-8,15-17H,3-5,9-12H2,1-2H3,(H,25,29)(H,26,30)(H2,27,28,31,33). The molecule has 182 valence electrons. The smallest absolute Gasteiger partial charge is 0.338 e. The molecule has 0 aromatic heterocycles. The largest absolute Gasteiger partial charge is 0.452 e. The fourth-order valence-electron chi connectivity index (χ4n) is 6.21. The number of benzene rings is 1. The summed E-state index contributed by atoms with van der Waals surface area (Å²) >= 11 is 0. The molecule has 10 nitrogen and oxygen atoms in total. The summed E-state index contributed by atoms with van der Waals surface area (Å²) in [6.07, 6.45) is 6.59. The zero-order valence-corrected chi connectivity index (χ0v) is 19.4. The molecule has 0 saturated heterocycles. The first kappa shape index (κ1) is 23.7. The summed E-state index contributed by atoms with van der Waals surface area (Å²) in [5.41, 5.74) is 0.357. The molecule has 34 heavy (non-hydrogen) atoms. The topological polar surface area (TPSA) is 143 Å². The number of amides is 5. The Kier molecular flexibility index (Phi) is 6.58. The third kappa shape index (κ3) is 5.73. The zero-order chi connectivity index (χ0) is 24.5. The highest BCUT2D eigenvalue weighted by molar-refractivity contribution is 5.99. The van der Waals surface area contributed by atoms with Crippen molar-refractivity contribution in [2.75, 3.05) is 17.2 Å². The van der Waals surface area contributed by atoms with Crippen molar-refractivity contribution in [3.63, 3.8) is 0 Å².